The monoisotopic (exact) mass is 314 g/mol. The molecular formula is C13H19BrN2O2. The normalized spacial score (nSPS) is 12.5. The van der Waals surface area contributed by atoms with Crippen molar-refractivity contribution < 1.29 is 4.92 Å². The molecule has 0 fully saturated rings. The molecule has 0 aliphatic rings. The predicted octanol–water partition coefficient (Wildman–Crippen LogP) is 4.45. The lowest BCUT2D eigenvalue weighted by Crippen LogP contribution is -2.13. The van der Waals surface area contributed by atoms with Crippen molar-refractivity contribution in [1.82, 2.24) is 0 Å². The average molecular weight is 315 g/mol. The first kappa shape index (κ1) is 15.0. The summed E-state index contributed by atoms with van der Waals surface area (Å²) in [4.78, 5) is 10.3. The molecule has 1 unspecified atom stereocenters. The molecule has 0 bridgehead atoms. The van der Waals surface area contributed by atoms with Gasteiger partial charge in [0.2, 0.25) is 0 Å². The summed E-state index contributed by atoms with van der Waals surface area (Å²) in [5.74, 6) is 1.27. The number of halogens is 1. The molecule has 1 aromatic rings. The summed E-state index contributed by atoms with van der Waals surface area (Å²) < 4.78 is 0.508. The number of hydrogen-bond donors (Lipinski definition) is 1. The quantitative estimate of drug-likeness (QED) is 0.623. The van der Waals surface area contributed by atoms with Crippen molar-refractivity contribution >= 4 is 27.3 Å². The highest BCUT2D eigenvalue weighted by molar-refractivity contribution is 9.10. The maximum atomic E-state index is 10.7. The summed E-state index contributed by atoms with van der Waals surface area (Å²) in [5.41, 5.74) is 0.999. The summed E-state index contributed by atoms with van der Waals surface area (Å²) in [5, 5.41) is 14.0. The Morgan fingerprint density at radius 2 is 2.06 bits per heavy atom. The minimum atomic E-state index is -0.394. The Morgan fingerprint density at radius 1 is 1.39 bits per heavy atom. The lowest BCUT2D eigenvalue weighted by Gasteiger charge is -2.15. The van der Waals surface area contributed by atoms with Crippen LogP contribution < -0.4 is 5.32 Å². The van der Waals surface area contributed by atoms with E-state index in [1.54, 1.807) is 12.1 Å². The summed E-state index contributed by atoms with van der Waals surface area (Å²) in [7, 11) is 0. The van der Waals surface area contributed by atoms with Crippen LogP contribution in [0.1, 0.15) is 27.2 Å². The van der Waals surface area contributed by atoms with Crippen LogP contribution in [0.2, 0.25) is 0 Å². The van der Waals surface area contributed by atoms with Gasteiger partial charge in [-0.3, -0.25) is 10.1 Å². The van der Waals surface area contributed by atoms with Crippen LogP contribution >= 0.6 is 15.9 Å². The number of nitrogens with zero attached hydrogens (tertiary/aromatic N) is 1. The molecule has 1 rings (SSSR count). The number of nitro benzene ring substituents is 1. The Morgan fingerprint density at radius 3 is 2.56 bits per heavy atom. The molecule has 0 aliphatic heterocycles. The fourth-order valence-electron chi connectivity index (χ4n) is 1.95. The van der Waals surface area contributed by atoms with Gasteiger partial charge in [-0.25, -0.2) is 0 Å². The Bertz CT molecular complexity index is 421. The zero-order valence-electron chi connectivity index (χ0n) is 10.9. The van der Waals surface area contributed by atoms with Crippen LogP contribution in [0.4, 0.5) is 11.4 Å². The second-order valence-electron chi connectivity index (χ2n) is 5.04. The van der Waals surface area contributed by atoms with Crippen molar-refractivity contribution in [3.8, 4) is 0 Å². The molecular weight excluding hydrogens is 296 g/mol. The largest absolute Gasteiger partial charge is 0.385 e. The van der Waals surface area contributed by atoms with Crippen LogP contribution in [-0.4, -0.2) is 11.5 Å². The van der Waals surface area contributed by atoms with Gasteiger partial charge in [0, 0.05) is 18.3 Å². The van der Waals surface area contributed by atoms with Gasteiger partial charge in [-0.1, -0.05) is 20.8 Å². The van der Waals surface area contributed by atoms with Crippen molar-refractivity contribution in [2.75, 3.05) is 11.9 Å². The second kappa shape index (κ2) is 6.73. The third-order valence-electron chi connectivity index (χ3n) is 2.67. The summed E-state index contributed by atoms with van der Waals surface area (Å²) >= 11 is 3.21. The molecule has 4 nitrogen and oxygen atoms in total. The van der Waals surface area contributed by atoms with Crippen molar-refractivity contribution in [1.29, 1.82) is 0 Å². The van der Waals surface area contributed by atoms with Crippen LogP contribution in [-0.2, 0) is 0 Å². The van der Waals surface area contributed by atoms with Crippen molar-refractivity contribution in [3.63, 3.8) is 0 Å². The van der Waals surface area contributed by atoms with Gasteiger partial charge in [-0.15, -0.1) is 0 Å². The number of rotatable bonds is 6. The predicted molar refractivity (Wildman–Crippen MR) is 77.9 cm³/mol. The van der Waals surface area contributed by atoms with E-state index in [-0.39, 0.29) is 5.69 Å². The van der Waals surface area contributed by atoms with E-state index in [2.05, 4.69) is 42.0 Å². The molecule has 1 N–H and O–H groups in total. The molecule has 0 saturated carbocycles. The summed E-state index contributed by atoms with van der Waals surface area (Å²) in [6.45, 7) is 7.49. The Hall–Kier alpha value is -1.10. The maximum absolute atomic E-state index is 10.7. The zero-order valence-corrected chi connectivity index (χ0v) is 12.5. The van der Waals surface area contributed by atoms with E-state index < -0.39 is 4.92 Å². The van der Waals surface area contributed by atoms with Gasteiger partial charge in [-0.05, 0) is 46.3 Å². The van der Waals surface area contributed by atoms with Gasteiger partial charge >= 0.3 is 0 Å². The Labute approximate surface area is 116 Å². The van der Waals surface area contributed by atoms with E-state index in [4.69, 9.17) is 0 Å². The van der Waals surface area contributed by atoms with Gasteiger partial charge in [0.15, 0.2) is 0 Å². The third kappa shape index (κ3) is 4.64. The number of nitro groups is 1. The molecule has 1 aromatic carbocycles. The molecule has 0 radical (unpaired) electrons. The fourth-order valence-corrected chi connectivity index (χ4v) is 2.47. The molecule has 0 saturated heterocycles. The highest BCUT2D eigenvalue weighted by Gasteiger charge is 2.12. The number of benzene rings is 1. The fraction of sp³-hybridized carbons (Fsp3) is 0.538. The molecule has 18 heavy (non-hydrogen) atoms. The topological polar surface area (TPSA) is 55.2 Å². The Kier molecular flexibility index (Phi) is 5.59. The van der Waals surface area contributed by atoms with Gasteiger partial charge in [0.05, 0.1) is 9.40 Å². The zero-order chi connectivity index (χ0) is 13.7. The molecule has 0 amide bonds. The molecule has 1 atom stereocenters. The lowest BCUT2D eigenvalue weighted by atomic mass is 9.99. The molecule has 0 spiro atoms. The first-order chi connectivity index (χ1) is 8.40. The van der Waals surface area contributed by atoms with Crippen LogP contribution in [0, 0.1) is 22.0 Å². The summed E-state index contributed by atoms with van der Waals surface area (Å²) in [6.07, 6.45) is 1.17. The molecule has 0 aromatic heterocycles. The van der Waals surface area contributed by atoms with Crippen LogP contribution in [0.25, 0.3) is 0 Å². The average Bonchev–Trinajstić information content (AvgIpc) is 2.25. The van der Waals surface area contributed by atoms with Gasteiger partial charge in [0.25, 0.3) is 5.69 Å². The van der Waals surface area contributed by atoms with E-state index in [9.17, 15) is 10.1 Å². The van der Waals surface area contributed by atoms with Crippen LogP contribution in [0.5, 0.6) is 0 Å². The van der Waals surface area contributed by atoms with Crippen LogP contribution in [0.3, 0.4) is 0 Å². The minimum absolute atomic E-state index is 0.0933. The molecule has 5 heteroatoms. The Balaban J connectivity index is 2.58. The van der Waals surface area contributed by atoms with E-state index in [1.165, 1.54) is 12.5 Å². The third-order valence-corrected chi connectivity index (χ3v) is 3.31. The van der Waals surface area contributed by atoms with E-state index in [0.29, 0.717) is 16.3 Å². The highest BCUT2D eigenvalue weighted by atomic mass is 79.9. The number of anilines is 1. The maximum Gasteiger partial charge on any atom is 0.283 e. The van der Waals surface area contributed by atoms with Gasteiger partial charge in [-0.2, -0.15) is 0 Å². The smallest absolute Gasteiger partial charge is 0.283 e. The van der Waals surface area contributed by atoms with E-state index in [0.717, 1.165) is 12.2 Å². The standard InChI is InChI=1S/C13H19BrN2O2/c1-9(2)6-10(3)8-15-11-4-5-13(16(17)18)12(14)7-11/h4-5,7,9-10,15H,6,8H2,1-3H3. The van der Waals surface area contributed by atoms with Crippen molar-refractivity contribution in [2.45, 2.75) is 27.2 Å². The van der Waals surface area contributed by atoms with Crippen molar-refractivity contribution in [3.05, 3.63) is 32.8 Å². The van der Waals surface area contributed by atoms with Crippen LogP contribution in [0.15, 0.2) is 22.7 Å². The second-order valence-corrected chi connectivity index (χ2v) is 5.89. The first-order valence-corrected chi connectivity index (χ1v) is 6.87. The summed E-state index contributed by atoms with van der Waals surface area (Å²) in [6, 6.07) is 5.00. The first-order valence-electron chi connectivity index (χ1n) is 6.08. The van der Waals surface area contributed by atoms with E-state index >= 15 is 0 Å². The number of nitrogens with one attached hydrogen (secondary N) is 1. The number of hydrogen-bond acceptors (Lipinski definition) is 3. The molecule has 100 valence electrons. The highest BCUT2D eigenvalue weighted by Crippen LogP contribution is 2.27. The molecule has 0 heterocycles. The van der Waals surface area contributed by atoms with Gasteiger partial charge in [0.1, 0.15) is 0 Å². The minimum Gasteiger partial charge on any atom is -0.385 e. The van der Waals surface area contributed by atoms with Gasteiger partial charge < -0.3 is 5.32 Å². The van der Waals surface area contributed by atoms with E-state index in [1.807, 2.05) is 0 Å². The lowest BCUT2D eigenvalue weighted by molar-refractivity contribution is -0.385. The SMILES string of the molecule is CC(C)CC(C)CNc1ccc([N+](=O)[O-])c(Br)c1. The molecule has 0 aliphatic carbocycles. The van der Waals surface area contributed by atoms with Crippen molar-refractivity contribution in [2.24, 2.45) is 11.8 Å².